The van der Waals surface area contributed by atoms with Crippen LogP contribution in [0, 0.1) is 0 Å². The summed E-state index contributed by atoms with van der Waals surface area (Å²) in [7, 11) is 8.12. The van der Waals surface area contributed by atoms with Crippen molar-refractivity contribution < 1.29 is 9.47 Å². The molecule has 0 fully saturated rings. The second kappa shape index (κ2) is 20.3. The van der Waals surface area contributed by atoms with E-state index in [1.165, 1.54) is 11.1 Å². The molecule has 5 N–H and O–H groups in total. The molecule has 0 aliphatic carbocycles. The Labute approximate surface area is 268 Å². The van der Waals surface area contributed by atoms with Crippen LogP contribution in [0.3, 0.4) is 0 Å². The molecule has 2 aromatic rings. The number of halogens is 2. The molecule has 0 aliphatic heterocycles. The molecular formula is C31H47Br2N7O2. The van der Waals surface area contributed by atoms with Gasteiger partial charge in [-0.3, -0.25) is 4.99 Å². The third-order valence-electron chi connectivity index (χ3n) is 6.37. The SMILES string of the molecule is CN(C)CCOc1ccc(CCN=CC(CCC/C(=C/N)NCCc2ccc(OCCN(C)C)c(Br)c2)=NN)cc1Br. The van der Waals surface area contributed by atoms with Gasteiger partial charge in [0.25, 0.3) is 0 Å². The van der Waals surface area contributed by atoms with Crippen LogP contribution < -0.4 is 26.4 Å². The number of nitrogens with two attached hydrogens (primary N) is 2. The molecule has 0 spiro atoms. The third-order valence-corrected chi connectivity index (χ3v) is 7.61. The van der Waals surface area contributed by atoms with Crippen molar-refractivity contribution in [2.45, 2.75) is 32.1 Å². The second-order valence-corrected chi connectivity index (χ2v) is 12.2. The van der Waals surface area contributed by atoms with Gasteiger partial charge in [-0.15, -0.1) is 0 Å². The van der Waals surface area contributed by atoms with Crippen molar-refractivity contribution in [1.29, 1.82) is 0 Å². The molecule has 0 bridgehead atoms. The van der Waals surface area contributed by atoms with E-state index in [1.54, 1.807) is 12.4 Å². The van der Waals surface area contributed by atoms with Crippen LogP contribution in [-0.2, 0) is 12.8 Å². The van der Waals surface area contributed by atoms with Crippen LogP contribution in [0.5, 0.6) is 11.5 Å². The highest BCUT2D eigenvalue weighted by Gasteiger charge is 2.06. The summed E-state index contributed by atoms with van der Waals surface area (Å²) in [6.07, 6.45) is 7.51. The molecule has 11 heteroatoms. The highest BCUT2D eigenvalue weighted by Crippen LogP contribution is 2.27. The molecule has 0 unspecified atom stereocenters. The van der Waals surface area contributed by atoms with Gasteiger partial charge in [0.2, 0.25) is 0 Å². The van der Waals surface area contributed by atoms with Crippen LogP contribution in [0.4, 0.5) is 0 Å². The normalized spacial score (nSPS) is 12.5. The lowest BCUT2D eigenvalue weighted by Crippen LogP contribution is -2.19. The molecule has 2 aromatic carbocycles. The molecule has 0 radical (unpaired) electrons. The number of nitrogens with zero attached hydrogens (tertiary/aromatic N) is 4. The van der Waals surface area contributed by atoms with Crippen molar-refractivity contribution >= 4 is 43.8 Å². The number of hydrazone groups is 1. The summed E-state index contributed by atoms with van der Waals surface area (Å²) < 4.78 is 13.6. The Bertz CT molecular complexity index is 1170. The number of hydrogen-bond donors (Lipinski definition) is 3. The number of likely N-dealkylation sites (N-methyl/N-ethyl adjacent to an activating group) is 2. The largest absolute Gasteiger partial charge is 0.491 e. The highest BCUT2D eigenvalue weighted by molar-refractivity contribution is 9.10. The molecule has 0 amide bonds. The first-order chi connectivity index (χ1) is 20.2. The van der Waals surface area contributed by atoms with Gasteiger partial charge in [-0.25, -0.2) is 0 Å². The minimum absolute atomic E-state index is 0.648. The fraction of sp³-hybridized carbons (Fsp3) is 0.484. The minimum atomic E-state index is 0.648. The Balaban J connectivity index is 1.68. The van der Waals surface area contributed by atoms with Crippen LogP contribution in [-0.4, -0.2) is 89.3 Å². The zero-order valence-electron chi connectivity index (χ0n) is 25.4. The lowest BCUT2D eigenvalue weighted by molar-refractivity contribution is 0.260. The van der Waals surface area contributed by atoms with E-state index in [2.05, 4.69) is 81.3 Å². The third kappa shape index (κ3) is 14.5. The molecule has 0 aromatic heterocycles. The maximum absolute atomic E-state index is 5.88. The van der Waals surface area contributed by atoms with Gasteiger partial charge in [0, 0.05) is 44.3 Å². The minimum Gasteiger partial charge on any atom is -0.491 e. The van der Waals surface area contributed by atoms with E-state index < -0.39 is 0 Å². The number of aliphatic imine (C=N–C) groups is 1. The van der Waals surface area contributed by atoms with E-state index in [0.717, 1.165) is 83.6 Å². The number of benzene rings is 2. The van der Waals surface area contributed by atoms with Crippen LogP contribution in [0.1, 0.15) is 30.4 Å². The Morgan fingerprint density at radius 1 is 0.881 bits per heavy atom. The molecule has 0 heterocycles. The molecule has 9 nitrogen and oxygen atoms in total. The Morgan fingerprint density at radius 3 is 1.95 bits per heavy atom. The van der Waals surface area contributed by atoms with Crippen molar-refractivity contribution in [2.24, 2.45) is 21.7 Å². The average Bonchev–Trinajstić information content (AvgIpc) is 2.95. The van der Waals surface area contributed by atoms with Gasteiger partial charge < -0.3 is 36.2 Å². The summed E-state index contributed by atoms with van der Waals surface area (Å²) in [5.74, 6) is 7.34. The molecule has 42 heavy (non-hydrogen) atoms. The standard InChI is InChI=1S/C31H47Br2N7O2/c1-39(2)16-18-41-30-10-8-24(20-28(30)32)12-14-36-23-27(38-35)7-5-6-26(22-34)37-15-13-25-9-11-31(29(33)21-25)42-19-17-40(3)4/h8-11,20-23,37H,5-7,12-19,34-35H2,1-4H3/b26-22-,36-23?,38-27?. The summed E-state index contributed by atoms with van der Waals surface area (Å²) in [4.78, 5) is 8.73. The topological polar surface area (TPSA) is 114 Å². The summed E-state index contributed by atoms with van der Waals surface area (Å²) >= 11 is 7.23. The van der Waals surface area contributed by atoms with Crippen molar-refractivity contribution in [3.05, 3.63) is 68.4 Å². The fourth-order valence-corrected chi connectivity index (χ4v) is 4.98. The van der Waals surface area contributed by atoms with Gasteiger partial charge in [0.15, 0.2) is 0 Å². The lowest BCUT2D eigenvalue weighted by atomic mass is 10.1. The van der Waals surface area contributed by atoms with Gasteiger partial charge in [-0.1, -0.05) is 12.1 Å². The van der Waals surface area contributed by atoms with Crippen LogP contribution in [0.2, 0.25) is 0 Å². The van der Waals surface area contributed by atoms with Gasteiger partial charge in [0.05, 0.1) is 14.7 Å². The first-order valence-electron chi connectivity index (χ1n) is 14.2. The van der Waals surface area contributed by atoms with Gasteiger partial charge in [-0.2, -0.15) is 5.10 Å². The zero-order valence-corrected chi connectivity index (χ0v) is 28.6. The van der Waals surface area contributed by atoms with Crippen LogP contribution in [0.15, 0.2) is 67.3 Å². The maximum Gasteiger partial charge on any atom is 0.133 e. The van der Waals surface area contributed by atoms with Crippen LogP contribution >= 0.6 is 31.9 Å². The monoisotopic (exact) mass is 707 g/mol. The van der Waals surface area contributed by atoms with Gasteiger partial charge in [-0.05, 0) is 128 Å². The first-order valence-corrected chi connectivity index (χ1v) is 15.8. The molecule has 0 saturated carbocycles. The van der Waals surface area contributed by atoms with Crippen molar-refractivity contribution in [3.8, 4) is 11.5 Å². The summed E-state index contributed by atoms with van der Waals surface area (Å²) in [6.45, 7) is 4.49. The van der Waals surface area contributed by atoms with Gasteiger partial charge >= 0.3 is 0 Å². The summed E-state index contributed by atoms with van der Waals surface area (Å²) in [5.41, 5.74) is 10.1. The predicted molar refractivity (Wildman–Crippen MR) is 183 cm³/mol. The molecule has 232 valence electrons. The smallest absolute Gasteiger partial charge is 0.133 e. The average molecular weight is 710 g/mol. The van der Waals surface area contributed by atoms with Crippen molar-refractivity contribution in [1.82, 2.24) is 15.1 Å². The number of rotatable bonds is 20. The van der Waals surface area contributed by atoms with Crippen molar-refractivity contribution in [3.63, 3.8) is 0 Å². The first kappa shape index (κ1) is 35.6. The number of hydrogen-bond acceptors (Lipinski definition) is 9. The molecule has 2 rings (SSSR count). The van der Waals surface area contributed by atoms with Gasteiger partial charge in [0.1, 0.15) is 24.7 Å². The van der Waals surface area contributed by atoms with Crippen LogP contribution in [0.25, 0.3) is 0 Å². The van der Waals surface area contributed by atoms with Crippen molar-refractivity contribution in [2.75, 3.05) is 67.6 Å². The predicted octanol–water partition coefficient (Wildman–Crippen LogP) is 4.82. The molecule has 0 aliphatic rings. The summed E-state index contributed by atoms with van der Waals surface area (Å²) in [6, 6.07) is 12.4. The second-order valence-electron chi connectivity index (χ2n) is 10.5. The van der Waals surface area contributed by atoms with E-state index in [-0.39, 0.29) is 0 Å². The van der Waals surface area contributed by atoms with E-state index >= 15 is 0 Å². The lowest BCUT2D eigenvalue weighted by Gasteiger charge is -2.13. The quantitative estimate of drug-likeness (QED) is 0.103. The fourth-order valence-electron chi connectivity index (χ4n) is 3.89. The number of allylic oxidation sites excluding steroid dienone is 1. The van der Waals surface area contributed by atoms with E-state index in [4.69, 9.17) is 21.1 Å². The summed E-state index contributed by atoms with van der Waals surface area (Å²) in [5, 5.41) is 7.37. The molecular weight excluding hydrogens is 662 g/mol. The number of ether oxygens (including phenoxy) is 2. The van der Waals surface area contributed by atoms with E-state index in [9.17, 15) is 0 Å². The Hall–Kier alpha value is -2.60. The number of nitrogens with one attached hydrogen (secondary N) is 1. The Morgan fingerprint density at radius 2 is 1.45 bits per heavy atom. The van der Waals surface area contributed by atoms with E-state index in [0.29, 0.717) is 19.8 Å². The Kier molecular flexibility index (Phi) is 17.2. The zero-order chi connectivity index (χ0) is 30.7. The molecule has 0 atom stereocenters. The molecule has 0 saturated heterocycles. The highest BCUT2D eigenvalue weighted by atomic mass is 79.9. The maximum atomic E-state index is 5.88. The van der Waals surface area contributed by atoms with E-state index in [1.807, 2.05) is 40.3 Å².